The molecule has 1 heterocycles. The minimum atomic E-state index is -0.416. The van der Waals surface area contributed by atoms with Crippen LogP contribution < -0.4 is 10.2 Å². The van der Waals surface area contributed by atoms with Crippen LogP contribution in [0.3, 0.4) is 0 Å². The smallest absolute Gasteiger partial charge is 0.338 e. The summed E-state index contributed by atoms with van der Waals surface area (Å²) in [5, 5.41) is 10.8. The lowest BCUT2D eigenvalue weighted by atomic mass is 10.1. The van der Waals surface area contributed by atoms with Crippen LogP contribution in [0.25, 0.3) is 11.0 Å². The molecule has 0 saturated heterocycles. The van der Waals surface area contributed by atoms with E-state index in [1.54, 1.807) is 38.5 Å². The number of phenols is 1. The molecule has 0 unspecified atom stereocenters. The highest BCUT2D eigenvalue weighted by Crippen LogP contribution is 2.29. The molecule has 9 heteroatoms. The summed E-state index contributed by atoms with van der Waals surface area (Å²) in [6.07, 6.45) is 1.97. The van der Waals surface area contributed by atoms with Crippen LogP contribution in [-0.2, 0) is 20.8 Å². The molecule has 0 spiro atoms. The number of phenolic OH excluding ortho intramolecular Hbond substituents is 1. The molecule has 0 radical (unpaired) electrons. The van der Waals surface area contributed by atoms with E-state index >= 15 is 0 Å². The van der Waals surface area contributed by atoms with E-state index in [0.717, 1.165) is 6.42 Å². The van der Waals surface area contributed by atoms with Gasteiger partial charge in [0.05, 0.1) is 36.3 Å². The van der Waals surface area contributed by atoms with Crippen LogP contribution in [0.1, 0.15) is 29.3 Å². The Hall–Kier alpha value is -3.40. The predicted molar refractivity (Wildman–Crippen MR) is 130 cm³/mol. The molecule has 3 aromatic rings. The first-order valence-corrected chi connectivity index (χ1v) is 11.4. The fraction of sp³-hybridized carbons (Fsp3) is 0.385. The van der Waals surface area contributed by atoms with Gasteiger partial charge in [0.2, 0.25) is 11.2 Å². The van der Waals surface area contributed by atoms with Crippen LogP contribution >= 0.6 is 0 Å². The van der Waals surface area contributed by atoms with Crippen molar-refractivity contribution in [1.29, 1.82) is 0 Å². The van der Waals surface area contributed by atoms with Crippen molar-refractivity contribution < 1.29 is 33.3 Å². The Kier molecular flexibility index (Phi) is 9.66. The van der Waals surface area contributed by atoms with Crippen molar-refractivity contribution in [3.63, 3.8) is 0 Å². The SMILES string of the molecule is CCCOC(=O)c1ccc(Oc2coc3c(CN(CCOC)CCOC)c(O)ccc3c2=O)cc1. The summed E-state index contributed by atoms with van der Waals surface area (Å²) >= 11 is 0. The van der Waals surface area contributed by atoms with Gasteiger partial charge in [-0.1, -0.05) is 6.92 Å². The van der Waals surface area contributed by atoms with Crippen LogP contribution in [0.4, 0.5) is 0 Å². The van der Waals surface area contributed by atoms with Gasteiger partial charge in [0.1, 0.15) is 23.3 Å². The molecule has 1 N–H and O–H groups in total. The van der Waals surface area contributed by atoms with Gasteiger partial charge in [-0.25, -0.2) is 4.79 Å². The third-order valence-corrected chi connectivity index (χ3v) is 5.35. The van der Waals surface area contributed by atoms with E-state index in [0.29, 0.717) is 56.3 Å². The first-order chi connectivity index (χ1) is 17.0. The number of methoxy groups -OCH3 is 2. The number of hydrogen-bond acceptors (Lipinski definition) is 9. The van der Waals surface area contributed by atoms with Gasteiger partial charge in [0.15, 0.2) is 0 Å². The first kappa shape index (κ1) is 26.2. The zero-order valence-electron chi connectivity index (χ0n) is 20.2. The molecular formula is C26H31NO8. The standard InChI is InChI=1S/C26H31NO8/c1-4-13-33-26(30)18-5-7-19(8-6-18)35-23-17-34-25-20(24(23)29)9-10-22(28)21(25)16-27(11-14-31-2)12-15-32-3/h5-10,17,28H,4,11-16H2,1-3H3. The van der Waals surface area contributed by atoms with Crippen LogP contribution in [0, 0.1) is 0 Å². The lowest BCUT2D eigenvalue weighted by Gasteiger charge is -2.22. The number of carbonyl (C=O) groups excluding carboxylic acids is 1. The summed E-state index contributed by atoms with van der Waals surface area (Å²) in [5.41, 5.74) is 0.798. The number of esters is 1. The van der Waals surface area contributed by atoms with Crippen LogP contribution in [-0.4, -0.2) is 63.1 Å². The number of aromatic hydroxyl groups is 1. The van der Waals surface area contributed by atoms with Crippen molar-refractivity contribution in [3.05, 3.63) is 64.0 Å². The minimum Gasteiger partial charge on any atom is -0.507 e. The van der Waals surface area contributed by atoms with E-state index in [1.165, 1.54) is 18.4 Å². The van der Waals surface area contributed by atoms with Crippen molar-refractivity contribution >= 4 is 16.9 Å². The highest BCUT2D eigenvalue weighted by molar-refractivity contribution is 5.89. The van der Waals surface area contributed by atoms with Gasteiger partial charge in [-0.15, -0.1) is 0 Å². The Balaban J connectivity index is 1.84. The van der Waals surface area contributed by atoms with Gasteiger partial charge in [-0.05, 0) is 42.8 Å². The molecule has 0 fully saturated rings. The summed E-state index contributed by atoms with van der Waals surface area (Å²) in [5.74, 6) is -0.0280. The Morgan fingerprint density at radius 2 is 1.69 bits per heavy atom. The molecule has 3 rings (SSSR count). The predicted octanol–water partition coefficient (Wildman–Crippen LogP) is 3.95. The Bertz CT molecular complexity index is 1160. The second-order valence-corrected chi connectivity index (χ2v) is 7.89. The van der Waals surface area contributed by atoms with Gasteiger partial charge in [-0.3, -0.25) is 9.69 Å². The summed E-state index contributed by atoms with van der Waals surface area (Å²) in [7, 11) is 3.24. The average Bonchev–Trinajstić information content (AvgIpc) is 2.87. The van der Waals surface area contributed by atoms with E-state index in [2.05, 4.69) is 0 Å². The highest BCUT2D eigenvalue weighted by atomic mass is 16.5. The fourth-order valence-electron chi connectivity index (χ4n) is 3.45. The van der Waals surface area contributed by atoms with E-state index < -0.39 is 5.97 Å². The summed E-state index contributed by atoms with van der Waals surface area (Å²) in [4.78, 5) is 27.1. The molecular weight excluding hydrogens is 454 g/mol. The van der Waals surface area contributed by atoms with Crippen LogP contribution in [0.5, 0.6) is 17.2 Å². The summed E-state index contributed by atoms with van der Waals surface area (Å²) < 4.78 is 27.0. The maximum atomic E-state index is 13.1. The molecule has 0 amide bonds. The number of fused-ring (bicyclic) bond motifs is 1. The second-order valence-electron chi connectivity index (χ2n) is 7.89. The summed E-state index contributed by atoms with van der Waals surface area (Å²) in [6.45, 7) is 4.85. The molecule has 188 valence electrons. The van der Waals surface area contributed by atoms with Gasteiger partial charge >= 0.3 is 5.97 Å². The van der Waals surface area contributed by atoms with Crippen LogP contribution in [0.15, 0.2) is 51.9 Å². The van der Waals surface area contributed by atoms with E-state index in [1.807, 2.05) is 11.8 Å². The molecule has 0 aliphatic heterocycles. The Morgan fingerprint density at radius 3 is 2.31 bits per heavy atom. The number of rotatable bonds is 13. The average molecular weight is 486 g/mol. The highest BCUT2D eigenvalue weighted by Gasteiger charge is 2.18. The van der Waals surface area contributed by atoms with Gasteiger partial charge < -0.3 is 28.5 Å². The lowest BCUT2D eigenvalue weighted by Crippen LogP contribution is -2.30. The third-order valence-electron chi connectivity index (χ3n) is 5.35. The zero-order valence-corrected chi connectivity index (χ0v) is 20.2. The monoisotopic (exact) mass is 485 g/mol. The number of carbonyl (C=O) groups is 1. The number of ether oxygens (including phenoxy) is 4. The Morgan fingerprint density at radius 1 is 1.00 bits per heavy atom. The molecule has 1 aromatic heterocycles. The quantitative estimate of drug-likeness (QED) is 0.360. The van der Waals surface area contributed by atoms with Crippen molar-refractivity contribution in [2.24, 2.45) is 0 Å². The minimum absolute atomic E-state index is 0.00827. The molecule has 0 atom stereocenters. The van der Waals surface area contributed by atoms with Gasteiger partial charge in [0, 0.05) is 33.9 Å². The van der Waals surface area contributed by atoms with Crippen molar-refractivity contribution in [2.45, 2.75) is 19.9 Å². The van der Waals surface area contributed by atoms with Crippen molar-refractivity contribution in [2.75, 3.05) is 47.1 Å². The number of benzene rings is 2. The normalized spacial score (nSPS) is 11.2. The molecule has 0 aliphatic rings. The molecule has 0 saturated carbocycles. The summed E-state index contributed by atoms with van der Waals surface area (Å²) in [6, 6.07) is 9.28. The van der Waals surface area contributed by atoms with Crippen molar-refractivity contribution in [1.82, 2.24) is 4.90 Å². The third kappa shape index (κ3) is 6.82. The Labute approximate surface area is 203 Å². The fourth-order valence-corrected chi connectivity index (χ4v) is 3.45. The van der Waals surface area contributed by atoms with E-state index in [9.17, 15) is 14.7 Å². The van der Waals surface area contributed by atoms with Gasteiger partial charge in [-0.2, -0.15) is 0 Å². The van der Waals surface area contributed by atoms with Crippen LogP contribution in [0.2, 0.25) is 0 Å². The molecule has 9 nitrogen and oxygen atoms in total. The molecule has 35 heavy (non-hydrogen) atoms. The van der Waals surface area contributed by atoms with Crippen molar-refractivity contribution in [3.8, 4) is 17.2 Å². The molecule has 2 aromatic carbocycles. The lowest BCUT2D eigenvalue weighted by molar-refractivity contribution is 0.0505. The van der Waals surface area contributed by atoms with E-state index in [4.69, 9.17) is 23.4 Å². The maximum absolute atomic E-state index is 13.1. The zero-order chi connectivity index (χ0) is 25.2. The topological polar surface area (TPSA) is 108 Å². The molecule has 0 aliphatic carbocycles. The number of hydrogen-bond donors (Lipinski definition) is 1. The second kappa shape index (κ2) is 12.9. The first-order valence-electron chi connectivity index (χ1n) is 11.4. The number of nitrogens with zero attached hydrogens (tertiary/aromatic N) is 1. The van der Waals surface area contributed by atoms with E-state index in [-0.39, 0.29) is 27.9 Å². The maximum Gasteiger partial charge on any atom is 0.338 e. The molecule has 0 bridgehead atoms. The largest absolute Gasteiger partial charge is 0.507 e. The van der Waals surface area contributed by atoms with Gasteiger partial charge in [0.25, 0.3) is 0 Å².